The maximum atomic E-state index is 14.0. The van der Waals surface area contributed by atoms with Crippen molar-refractivity contribution in [3.05, 3.63) is 100 Å². The number of benzene rings is 3. The van der Waals surface area contributed by atoms with Gasteiger partial charge in [-0.1, -0.05) is 48.5 Å². The number of aryl methyl sites for hydroxylation is 3. The molecule has 3 heterocycles. The molecule has 47 heavy (non-hydrogen) atoms. The van der Waals surface area contributed by atoms with Gasteiger partial charge in [-0.25, -0.2) is 13.1 Å². The van der Waals surface area contributed by atoms with Crippen molar-refractivity contribution in [1.29, 1.82) is 0 Å². The van der Waals surface area contributed by atoms with E-state index in [1.165, 1.54) is 4.31 Å². The number of carbonyl (C=O) groups is 1. The lowest BCUT2D eigenvalue weighted by atomic mass is 9.75. The lowest BCUT2D eigenvalue weighted by Gasteiger charge is -2.37. The van der Waals surface area contributed by atoms with Crippen LogP contribution in [0, 0.1) is 13.8 Å². The minimum atomic E-state index is -3.84. The summed E-state index contributed by atoms with van der Waals surface area (Å²) in [5.74, 6) is -0.501. The van der Waals surface area contributed by atoms with E-state index in [1.807, 2.05) is 37.6 Å². The Kier molecular flexibility index (Phi) is 8.43. The second-order valence-electron chi connectivity index (χ2n) is 12.7. The third-order valence-electron chi connectivity index (χ3n) is 9.41. The lowest BCUT2D eigenvalue weighted by molar-refractivity contribution is 0.0993. The van der Waals surface area contributed by atoms with E-state index in [2.05, 4.69) is 54.4 Å². The number of para-hydroxylation sites is 1. The Bertz CT molecular complexity index is 2080. The molecule has 246 valence electrons. The summed E-state index contributed by atoms with van der Waals surface area (Å²) >= 11 is 0. The summed E-state index contributed by atoms with van der Waals surface area (Å²) < 4.78 is 39.4. The van der Waals surface area contributed by atoms with Crippen LogP contribution in [-0.2, 0) is 28.7 Å². The number of rotatable bonds is 9. The van der Waals surface area contributed by atoms with Crippen molar-refractivity contribution >= 4 is 27.0 Å². The summed E-state index contributed by atoms with van der Waals surface area (Å²) in [5, 5.41) is 13.5. The molecule has 2 N–H and O–H groups in total. The van der Waals surface area contributed by atoms with Gasteiger partial charge in [-0.15, -0.1) is 5.10 Å². The second-order valence-corrected chi connectivity index (χ2v) is 14.6. The average Bonchev–Trinajstić information content (AvgIpc) is 3.70. The molecule has 5 aromatic rings. The number of sulfonamides is 1. The van der Waals surface area contributed by atoms with Gasteiger partial charge in [-0.05, 0) is 93.1 Å². The summed E-state index contributed by atoms with van der Waals surface area (Å²) in [5.41, 5.74) is 11.7. The lowest BCUT2D eigenvalue weighted by Crippen LogP contribution is -2.37. The number of primary amides is 1. The molecule has 1 aliphatic rings. The first-order valence-electron chi connectivity index (χ1n) is 15.9. The summed E-state index contributed by atoms with van der Waals surface area (Å²) in [7, 11) is -3.84. The zero-order chi connectivity index (χ0) is 33.7. The Hall–Kier alpha value is -4.55. The van der Waals surface area contributed by atoms with E-state index in [1.54, 1.807) is 41.2 Å². The van der Waals surface area contributed by atoms with Crippen molar-refractivity contribution in [2.24, 2.45) is 5.73 Å². The third kappa shape index (κ3) is 5.69. The summed E-state index contributed by atoms with van der Waals surface area (Å²) in [6.07, 6.45) is 2.15. The van der Waals surface area contributed by atoms with Gasteiger partial charge in [-0.2, -0.15) is 9.40 Å². The van der Waals surface area contributed by atoms with Crippen molar-refractivity contribution in [3.8, 4) is 5.75 Å². The van der Waals surface area contributed by atoms with Crippen LogP contribution >= 0.6 is 0 Å². The molecule has 3 aromatic carbocycles. The van der Waals surface area contributed by atoms with E-state index in [4.69, 9.17) is 10.5 Å². The van der Waals surface area contributed by atoms with Gasteiger partial charge in [0, 0.05) is 25.2 Å². The molecule has 0 saturated heterocycles. The number of amides is 1. The molecule has 1 aliphatic heterocycles. The molecule has 6 rings (SSSR count). The maximum Gasteiger partial charge on any atom is 0.269 e. The number of fused-ring (bicyclic) bond motifs is 2. The fraction of sp³-hybridized carbons (Fsp3) is 0.371. The van der Waals surface area contributed by atoms with Gasteiger partial charge < -0.3 is 10.5 Å². The molecule has 0 saturated carbocycles. The smallest absolute Gasteiger partial charge is 0.269 e. The first-order chi connectivity index (χ1) is 22.4. The Morgan fingerprint density at radius 1 is 1.09 bits per heavy atom. The normalized spacial score (nSPS) is 17.2. The highest BCUT2D eigenvalue weighted by Gasteiger charge is 2.38. The Labute approximate surface area is 275 Å². The molecular formula is C35H41N7O4S. The predicted molar refractivity (Wildman–Crippen MR) is 180 cm³/mol. The van der Waals surface area contributed by atoms with Gasteiger partial charge in [0.05, 0.1) is 17.6 Å². The molecule has 2 aromatic heterocycles. The van der Waals surface area contributed by atoms with Gasteiger partial charge in [0.15, 0.2) is 0 Å². The number of carbonyl (C=O) groups excluding carboxylic acids is 1. The molecule has 0 unspecified atom stereocenters. The zero-order valence-electron chi connectivity index (χ0n) is 27.6. The van der Waals surface area contributed by atoms with Crippen LogP contribution in [0.1, 0.15) is 78.3 Å². The van der Waals surface area contributed by atoms with E-state index in [0.29, 0.717) is 18.7 Å². The fourth-order valence-electron chi connectivity index (χ4n) is 6.64. The number of aromatic nitrogens is 5. The SMILES string of the molecule is CC[C@@H]1CN(Cc2cc([C@@H](c3ccc4c(nnn4CC)c3C)C(C)(C)n3ccc(C(N)=O)n3)ccc2C)S(=O)(=O)c2ccccc2O1. The zero-order valence-corrected chi connectivity index (χ0v) is 28.5. The molecule has 2 atom stereocenters. The minimum absolute atomic E-state index is 0.178. The Morgan fingerprint density at radius 2 is 1.85 bits per heavy atom. The third-order valence-corrected chi connectivity index (χ3v) is 11.3. The molecule has 0 bridgehead atoms. The summed E-state index contributed by atoms with van der Waals surface area (Å²) in [4.78, 5) is 12.2. The van der Waals surface area contributed by atoms with Crippen LogP contribution < -0.4 is 10.5 Å². The molecule has 11 nitrogen and oxygen atoms in total. The van der Waals surface area contributed by atoms with E-state index >= 15 is 0 Å². The largest absolute Gasteiger partial charge is 0.488 e. The first-order valence-corrected chi connectivity index (χ1v) is 17.3. The van der Waals surface area contributed by atoms with E-state index in [0.717, 1.165) is 38.9 Å². The van der Waals surface area contributed by atoms with Gasteiger partial charge in [0.25, 0.3) is 5.91 Å². The van der Waals surface area contributed by atoms with Crippen molar-refractivity contribution in [2.75, 3.05) is 6.54 Å². The highest BCUT2D eigenvalue weighted by molar-refractivity contribution is 7.89. The van der Waals surface area contributed by atoms with Gasteiger partial charge in [0.1, 0.15) is 28.0 Å². The van der Waals surface area contributed by atoms with Crippen molar-refractivity contribution in [3.63, 3.8) is 0 Å². The van der Waals surface area contributed by atoms with Crippen LogP contribution in [0.15, 0.2) is 71.8 Å². The number of nitrogens with zero attached hydrogens (tertiary/aromatic N) is 6. The van der Waals surface area contributed by atoms with E-state index in [9.17, 15) is 13.2 Å². The van der Waals surface area contributed by atoms with Crippen molar-refractivity contribution in [2.45, 2.75) is 83.5 Å². The van der Waals surface area contributed by atoms with Gasteiger partial charge in [0.2, 0.25) is 10.0 Å². The number of ether oxygens (including phenoxy) is 1. The van der Waals surface area contributed by atoms with Crippen molar-refractivity contribution < 1.29 is 17.9 Å². The molecule has 0 spiro atoms. The molecule has 1 amide bonds. The Balaban J connectivity index is 1.49. The molecule has 0 fully saturated rings. The number of nitrogens with two attached hydrogens (primary N) is 1. The number of hydrogen-bond donors (Lipinski definition) is 1. The quantitative estimate of drug-likeness (QED) is 0.228. The van der Waals surface area contributed by atoms with Gasteiger partial charge in [-0.3, -0.25) is 9.48 Å². The van der Waals surface area contributed by atoms with Gasteiger partial charge >= 0.3 is 0 Å². The summed E-state index contributed by atoms with van der Waals surface area (Å²) in [6.45, 7) is 13.3. The fourth-order valence-corrected chi connectivity index (χ4v) is 8.21. The van der Waals surface area contributed by atoms with Crippen LogP contribution in [0.2, 0.25) is 0 Å². The highest BCUT2D eigenvalue weighted by Crippen LogP contribution is 2.43. The van der Waals surface area contributed by atoms with E-state index < -0.39 is 21.5 Å². The maximum absolute atomic E-state index is 14.0. The van der Waals surface area contributed by atoms with Crippen LogP contribution in [0.4, 0.5) is 0 Å². The predicted octanol–water partition coefficient (Wildman–Crippen LogP) is 5.29. The van der Waals surface area contributed by atoms with Crippen LogP contribution in [0.25, 0.3) is 11.0 Å². The van der Waals surface area contributed by atoms with Crippen molar-refractivity contribution in [1.82, 2.24) is 29.1 Å². The minimum Gasteiger partial charge on any atom is -0.488 e. The molecule has 0 aliphatic carbocycles. The number of hydrogen-bond acceptors (Lipinski definition) is 7. The van der Waals surface area contributed by atoms with Crippen LogP contribution in [0.3, 0.4) is 0 Å². The molecule has 12 heteroatoms. The Morgan fingerprint density at radius 3 is 2.55 bits per heavy atom. The molecular weight excluding hydrogens is 614 g/mol. The summed E-state index contributed by atoms with van der Waals surface area (Å²) in [6, 6.07) is 18.8. The van der Waals surface area contributed by atoms with Crippen LogP contribution in [0.5, 0.6) is 5.75 Å². The first kappa shape index (κ1) is 32.4. The molecule has 0 radical (unpaired) electrons. The highest BCUT2D eigenvalue weighted by atomic mass is 32.2. The monoisotopic (exact) mass is 655 g/mol. The standard InChI is InChI=1S/C35H41N7O4S/c1-7-26-21-40(47(44,45)31-12-10-9-11-30(31)46-26)20-25-19-24(14-13-22(25)3)32(35(5,6)42-18-17-28(38-42)34(36)43)27-15-16-29-33(23(27)4)37-39-41(29)8-2/h9-19,26,32H,7-8,20-21H2,1-6H3,(H2,36,43)/t26-,32+/m1/s1. The second kappa shape index (κ2) is 12.2. The van der Waals surface area contributed by atoms with Crippen LogP contribution in [-0.4, -0.2) is 56.1 Å². The average molecular weight is 656 g/mol. The topological polar surface area (TPSA) is 138 Å². The van der Waals surface area contributed by atoms with E-state index in [-0.39, 0.29) is 35.7 Å².